The molecular weight excluding hydrogens is 290 g/mol. The van der Waals surface area contributed by atoms with Crippen molar-refractivity contribution in [3.8, 4) is 0 Å². The highest BCUT2D eigenvalue weighted by Crippen LogP contribution is 2.48. The summed E-state index contributed by atoms with van der Waals surface area (Å²) >= 11 is 0. The van der Waals surface area contributed by atoms with Gasteiger partial charge in [-0.1, -0.05) is 12.1 Å². The summed E-state index contributed by atoms with van der Waals surface area (Å²) < 4.78 is 52.8. The molecule has 1 N–H and O–H groups in total. The van der Waals surface area contributed by atoms with Crippen molar-refractivity contribution in [2.45, 2.75) is 24.4 Å². The fourth-order valence-corrected chi connectivity index (χ4v) is 2.13. The Morgan fingerprint density at radius 2 is 1.86 bits per heavy atom. The summed E-state index contributed by atoms with van der Waals surface area (Å²) in [6, 6.07) is 5.69. The van der Waals surface area contributed by atoms with E-state index in [4.69, 9.17) is 0 Å². The molecule has 0 bridgehead atoms. The van der Waals surface area contributed by atoms with Gasteiger partial charge in [0.15, 0.2) is 0 Å². The van der Waals surface area contributed by atoms with Crippen LogP contribution in [0.4, 0.5) is 17.6 Å². The fourth-order valence-electron chi connectivity index (χ4n) is 2.13. The van der Waals surface area contributed by atoms with E-state index in [-0.39, 0.29) is 24.9 Å². The van der Waals surface area contributed by atoms with Gasteiger partial charge >= 0.3 is 6.18 Å². The summed E-state index contributed by atoms with van der Waals surface area (Å²) in [6.07, 6.45) is -3.07. The van der Waals surface area contributed by atoms with E-state index >= 15 is 0 Å². The van der Waals surface area contributed by atoms with Gasteiger partial charge in [0.2, 0.25) is 5.91 Å². The molecule has 1 aliphatic carbocycles. The van der Waals surface area contributed by atoms with Crippen molar-refractivity contribution in [3.05, 3.63) is 35.6 Å². The molecule has 0 aromatic heterocycles. The zero-order valence-electron chi connectivity index (χ0n) is 11.2. The van der Waals surface area contributed by atoms with E-state index in [1.165, 1.54) is 12.1 Å². The highest BCUT2D eigenvalue weighted by atomic mass is 19.4. The van der Waals surface area contributed by atoms with Crippen LogP contribution in [0, 0.1) is 5.82 Å². The van der Waals surface area contributed by atoms with Gasteiger partial charge in [-0.05, 0) is 30.5 Å². The van der Waals surface area contributed by atoms with Crippen LogP contribution in [-0.2, 0) is 14.9 Å². The minimum atomic E-state index is -4.37. The van der Waals surface area contributed by atoms with E-state index in [0.717, 1.165) is 5.56 Å². The number of nitrogens with one attached hydrogen (secondary N) is 1. The van der Waals surface area contributed by atoms with Crippen molar-refractivity contribution in [2.24, 2.45) is 0 Å². The van der Waals surface area contributed by atoms with Crippen LogP contribution in [0.25, 0.3) is 0 Å². The van der Waals surface area contributed by atoms with Crippen molar-refractivity contribution in [2.75, 3.05) is 19.8 Å². The average molecular weight is 305 g/mol. The number of halogens is 4. The second kappa shape index (κ2) is 6.01. The largest absolute Gasteiger partial charge is 0.411 e. The van der Waals surface area contributed by atoms with E-state index < -0.39 is 18.2 Å². The molecule has 1 amide bonds. The lowest BCUT2D eigenvalue weighted by atomic mass is 9.95. The fraction of sp³-hybridized carbons (Fsp3) is 0.500. The first-order valence-electron chi connectivity index (χ1n) is 6.52. The number of carbonyl (C=O) groups excluding carboxylic acids is 1. The maximum Gasteiger partial charge on any atom is 0.411 e. The molecule has 1 saturated carbocycles. The molecular formula is C14H15F4NO2. The minimum Gasteiger partial charge on any atom is -0.370 e. The smallest absolute Gasteiger partial charge is 0.370 e. The first kappa shape index (κ1) is 15.8. The molecule has 1 aromatic rings. The minimum absolute atomic E-state index is 0.0118. The Bertz CT molecular complexity index is 495. The van der Waals surface area contributed by atoms with E-state index in [2.05, 4.69) is 10.1 Å². The van der Waals surface area contributed by atoms with Crippen molar-refractivity contribution in [1.29, 1.82) is 0 Å². The first-order valence-corrected chi connectivity index (χ1v) is 6.52. The lowest BCUT2D eigenvalue weighted by Crippen LogP contribution is -2.37. The molecule has 0 unspecified atom stereocenters. The van der Waals surface area contributed by atoms with Crippen LogP contribution in [0.2, 0.25) is 0 Å². The van der Waals surface area contributed by atoms with Crippen LogP contribution in [0.15, 0.2) is 24.3 Å². The molecule has 0 saturated heterocycles. The molecule has 0 radical (unpaired) electrons. The Kier molecular flexibility index (Phi) is 4.51. The monoisotopic (exact) mass is 305 g/mol. The van der Waals surface area contributed by atoms with Crippen LogP contribution in [0.5, 0.6) is 0 Å². The van der Waals surface area contributed by atoms with Crippen LogP contribution in [0.3, 0.4) is 0 Å². The van der Waals surface area contributed by atoms with E-state index in [0.29, 0.717) is 12.8 Å². The van der Waals surface area contributed by atoms with E-state index in [1.807, 2.05) is 0 Å². The number of hydrogen-bond donors (Lipinski definition) is 1. The number of hydrogen-bond acceptors (Lipinski definition) is 2. The SMILES string of the molecule is O=C(NCCOCC(F)(F)F)C1(c2ccc(F)cc2)CC1. The third-order valence-corrected chi connectivity index (χ3v) is 3.38. The predicted octanol–water partition coefficient (Wildman–Crippen LogP) is 2.55. The van der Waals surface area contributed by atoms with Crippen molar-refractivity contribution in [3.63, 3.8) is 0 Å². The van der Waals surface area contributed by atoms with Crippen molar-refractivity contribution in [1.82, 2.24) is 5.32 Å². The van der Waals surface area contributed by atoms with Crippen LogP contribution >= 0.6 is 0 Å². The molecule has 2 rings (SSSR count). The van der Waals surface area contributed by atoms with Gasteiger partial charge < -0.3 is 10.1 Å². The zero-order valence-corrected chi connectivity index (χ0v) is 11.2. The van der Waals surface area contributed by atoms with Crippen LogP contribution in [0.1, 0.15) is 18.4 Å². The highest BCUT2D eigenvalue weighted by Gasteiger charge is 2.51. The Hall–Kier alpha value is -1.63. The summed E-state index contributed by atoms with van der Waals surface area (Å²) in [5.74, 6) is -0.639. The number of carbonyl (C=O) groups is 1. The Labute approximate surface area is 119 Å². The molecule has 0 heterocycles. The summed E-state index contributed by atoms with van der Waals surface area (Å²) in [7, 11) is 0. The summed E-state index contributed by atoms with van der Waals surface area (Å²) in [5, 5.41) is 2.56. The molecule has 0 atom stereocenters. The van der Waals surface area contributed by atoms with E-state index in [9.17, 15) is 22.4 Å². The van der Waals surface area contributed by atoms with Gasteiger partial charge in [0.25, 0.3) is 0 Å². The number of benzene rings is 1. The number of ether oxygens (including phenoxy) is 1. The Morgan fingerprint density at radius 3 is 2.38 bits per heavy atom. The van der Waals surface area contributed by atoms with Gasteiger partial charge in [-0.15, -0.1) is 0 Å². The first-order chi connectivity index (χ1) is 9.83. The third kappa shape index (κ3) is 4.17. The van der Waals surface area contributed by atoms with Crippen molar-refractivity contribution >= 4 is 5.91 Å². The maximum atomic E-state index is 12.9. The molecule has 1 aromatic carbocycles. The van der Waals surface area contributed by atoms with Gasteiger partial charge in [0.1, 0.15) is 12.4 Å². The standard InChI is InChI=1S/C14H15F4NO2/c15-11-3-1-10(2-4-11)13(5-6-13)12(20)19-7-8-21-9-14(16,17)18/h1-4H,5-9H2,(H,19,20). The number of rotatable bonds is 6. The second-order valence-corrected chi connectivity index (χ2v) is 5.01. The molecule has 1 aliphatic rings. The Balaban J connectivity index is 1.79. The molecule has 0 spiro atoms. The van der Waals surface area contributed by atoms with Crippen molar-refractivity contribution < 1.29 is 27.1 Å². The van der Waals surface area contributed by atoms with Crippen LogP contribution < -0.4 is 5.32 Å². The average Bonchev–Trinajstić information content (AvgIpc) is 3.19. The molecule has 7 heteroatoms. The second-order valence-electron chi connectivity index (χ2n) is 5.01. The van der Waals surface area contributed by atoms with E-state index in [1.54, 1.807) is 12.1 Å². The highest BCUT2D eigenvalue weighted by molar-refractivity contribution is 5.91. The van der Waals surface area contributed by atoms with Gasteiger partial charge in [0.05, 0.1) is 12.0 Å². The Morgan fingerprint density at radius 1 is 1.24 bits per heavy atom. The zero-order chi connectivity index (χ0) is 15.5. The van der Waals surface area contributed by atoms with Crippen LogP contribution in [-0.4, -0.2) is 31.8 Å². The summed E-state index contributed by atoms with van der Waals surface area (Å²) in [5.41, 5.74) is 0.0511. The van der Waals surface area contributed by atoms with Gasteiger partial charge in [-0.2, -0.15) is 13.2 Å². The quantitative estimate of drug-likeness (QED) is 0.648. The number of amides is 1. The molecule has 3 nitrogen and oxygen atoms in total. The molecule has 116 valence electrons. The number of alkyl halides is 3. The normalized spacial score (nSPS) is 16.6. The van der Waals surface area contributed by atoms with Gasteiger partial charge in [-0.3, -0.25) is 4.79 Å². The van der Waals surface area contributed by atoms with Gasteiger partial charge in [-0.25, -0.2) is 4.39 Å². The predicted molar refractivity (Wildman–Crippen MR) is 67.2 cm³/mol. The molecule has 21 heavy (non-hydrogen) atoms. The molecule has 1 fully saturated rings. The lowest BCUT2D eigenvalue weighted by Gasteiger charge is -2.16. The van der Waals surface area contributed by atoms with Gasteiger partial charge in [0, 0.05) is 6.54 Å². The maximum absolute atomic E-state index is 12.9. The third-order valence-electron chi connectivity index (χ3n) is 3.38. The summed E-state index contributed by atoms with van der Waals surface area (Å²) in [6.45, 7) is -1.52. The molecule has 0 aliphatic heterocycles. The topological polar surface area (TPSA) is 38.3 Å². The lowest BCUT2D eigenvalue weighted by molar-refractivity contribution is -0.173. The summed E-state index contributed by atoms with van der Waals surface area (Å²) in [4.78, 5) is 12.1.